The molecule has 0 radical (unpaired) electrons. The van der Waals surface area contributed by atoms with E-state index in [9.17, 15) is 4.39 Å². The van der Waals surface area contributed by atoms with Crippen LogP contribution < -0.4 is 5.32 Å². The first-order chi connectivity index (χ1) is 9.19. The van der Waals surface area contributed by atoms with Gasteiger partial charge in [0, 0.05) is 25.0 Å². The summed E-state index contributed by atoms with van der Waals surface area (Å²) in [4.78, 5) is 0. The van der Waals surface area contributed by atoms with E-state index in [0.29, 0.717) is 12.1 Å². The molecule has 0 spiro atoms. The fourth-order valence-corrected chi connectivity index (χ4v) is 1.84. The van der Waals surface area contributed by atoms with Gasteiger partial charge < -0.3 is 5.32 Å². The Labute approximate surface area is 111 Å². The maximum atomic E-state index is 13.0. The second kappa shape index (κ2) is 6.12. The van der Waals surface area contributed by atoms with Crippen molar-refractivity contribution < 1.29 is 4.39 Å². The van der Waals surface area contributed by atoms with Crippen LogP contribution in [-0.2, 0) is 13.1 Å². The number of aromatic nitrogens is 2. The van der Waals surface area contributed by atoms with E-state index < -0.39 is 0 Å². The van der Waals surface area contributed by atoms with E-state index in [1.165, 1.54) is 12.1 Å². The van der Waals surface area contributed by atoms with E-state index in [0.717, 1.165) is 12.1 Å². The van der Waals surface area contributed by atoms with Crippen molar-refractivity contribution in [2.45, 2.75) is 26.1 Å². The molecule has 0 aliphatic rings. The van der Waals surface area contributed by atoms with E-state index in [2.05, 4.69) is 10.4 Å². The summed E-state index contributed by atoms with van der Waals surface area (Å²) in [5.74, 6) is -0.384. The predicted octanol–water partition coefficient (Wildman–Crippen LogP) is 2.07. The molecule has 0 fully saturated rings. The number of hydrogen-bond donors (Lipinski definition) is 1. The van der Waals surface area contributed by atoms with Gasteiger partial charge >= 0.3 is 0 Å². The van der Waals surface area contributed by atoms with Crippen LogP contribution in [0.2, 0.25) is 0 Å². The molecule has 1 atom stereocenters. The van der Waals surface area contributed by atoms with Crippen LogP contribution in [0.15, 0.2) is 36.7 Å². The topological polar surface area (TPSA) is 53.6 Å². The summed E-state index contributed by atoms with van der Waals surface area (Å²) in [5, 5.41) is 16.4. The van der Waals surface area contributed by atoms with Crippen molar-refractivity contribution in [2.75, 3.05) is 0 Å². The van der Waals surface area contributed by atoms with Crippen molar-refractivity contribution in [2.24, 2.45) is 0 Å². The molecule has 98 valence electrons. The maximum absolute atomic E-state index is 13.0. The van der Waals surface area contributed by atoms with E-state index in [1.807, 2.05) is 29.9 Å². The highest BCUT2D eigenvalue weighted by molar-refractivity contribution is 5.37. The fraction of sp³-hybridized carbons (Fsp3) is 0.286. The Bertz CT molecular complexity index is 572. The molecule has 0 unspecified atom stereocenters. The molecule has 5 heteroatoms. The molecule has 1 aromatic heterocycles. The van der Waals surface area contributed by atoms with Gasteiger partial charge in [0.25, 0.3) is 0 Å². The third-order valence-electron chi connectivity index (χ3n) is 2.85. The van der Waals surface area contributed by atoms with E-state index in [-0.39, 0.29) is 11.9 Å². The molecule has 0 saturated heterocycles. The van der Waals surface area contributed by atoms with Gasteiger partial charge in [-0.15, -0.1) is 0 Å². The van der Waals surface area contributed by atoms with Crippen LogP contribution in [0.25, 0.3) is 0 Å². The first-order valence-corrected chi connectivity index (χ1v) is 6.08. The number of benzene rings is 1. The zero-order chi connectivity index (χ0) is 13.7. The number of halogens is 1. The maximum Gasteiger partial charge on any atom is 0.124 e. The second-order valence-corrected chi connectivity index (χ2v) is 4.42. The first kappa shape index (κ1) is 13.2. The van der Waals surface area contributed by atoms with Gasteiger partial charge in [0.2, 0.25) is 0 Å². The standard InChI is InChI=1S/C14H15FN4/c1-11(10-19-6-2-5-18-19)17-9-12-3-4-14(15)7-13(12)8-16/h2-7,11,17H,9-10H2,1H3/t11-/m0/s1. The monoisotopic (exact) mass is 258 g/mol. The van der Waals surface area contributed by atoms with Gasteiger partial charge in [0.05, 0.1) is 18.2 Å². The van der Waals surface area contributed by atoms with Gasteiger partial charge in [-0.3, -0.25) is 4.68 Å². The molecule has 2 aromatic rings. The Hall–Kier alpha value is -2.19. The molecule has 0 aliphatic carbocycles. The lowest BCUT2D eigenvalue weighted by Crippen LogP contribution is -2.30. The zero-order valence-corrected chi connectivity index (χ0v) is 10.7. The molecule has 0 amide bonds. The summed E-state index contributed by atoms with van der Waals surface area (Å²) in [6, 6.07) is 8.36. The SMILES string of the molecule is C[C@@H](Cn1cccn1)NCc1ccc(F)cc1C#N. The van der Waals surface area contributed by atoms with Gasteiger partial charge in [0.15, 0.2) is 0 Å². The molecular weight excluding hydrogens is 243 g/mol. The summed E-state index contributed by atoms with van der Waals surface area (Å²) < 4.78 is 14.8. The first-order valence-electron chi connectivity index (χ1n) is 6.08. The van der Waals surface area contributed by atoms with Crippen LogP contribution in [-0.4, -0.2) is 15.8 Å². The van der Waals surface area contributed by atoms with E-state index >= 15 is 0 Å². The van der Waals surface area contributed by atoms with Crippen LogP contribution in [0.1, 0.15) is 18.1 Å². The summed E-state index contributed by atoms with van der Waals surface area (Å²) in [5.41, 5.74) is 1.18. The summed E-state index contributed by atoms with van der Waals surface area (Å²) >= 11 is 0. The Morgan fingerprint density at radius 3 is 3.05 bits per heavy atom. The number of nitriles is 1. The zero-order valence-electron chi connectivity index (χ0n) is 10.7. The van der Waals surface area contributed by atoms with Gasteiger partial charge in [-0.1, -0.05) is 6.07 Å². The van der Waals surface area contributed by atoms with Crippen LogP contribution in [0.5, 0.6) is 0 Å². The minimum atomic E-state index is -0.384. The Kier molecular flexibility index (Phi) is 4.26. The molecule has 2 rings (SSSR count). The number of nitrogens with zero attached hydrogens (tertiary/aromatic N) is 3. The highest BCUT2D eigenvalue weighted by Crippen LogP contribution is 2.10. The molecule has 1 N–H and O–H groups in total. The highest BCUT2D eigenvalue weighted by atomic mass is 19.1. The molecule has 19 heavy (non-hydrogen) atoms. The molecular formula is C14H15FN4. The van der Waals surface area contributed by atoms with Crippen molar-refractivity contribution in [1.29, 1.82) is 5.26 Å². The molecule has 0 aliphatic heterocycles. The average Bonchev–Trinajstić information content (AvgIpc) is 2.90. The lowest BCUT2D eigenvalue weighted by molar-refractivity contribution is 0.450. The molecule has 1 heterocycles. The van der Waals surface area contributed by atoms with Crippen LogP contribution in [0.4, 0.5) is 4.39 Å². The second-order valence-electron chi connectivity index (χ2n) is 4.42. The van der Waals surface area contributed by atoms with Gasteiger partial charge in [-0.2, -0.15) is 10.4 Å². The molecule has 0 saturated carbocycles. The number of rotatable bonds is 5. The predicted molar refractivity (Wildman–Crippen MR) is 69.6 cm³/mol. The Morgan fingerprint density at radius 1 is 1.53 bits per heavy atom. The van der Waals surface area contributed by atoms with Crippen LogP contribution >= 0.6 is 0 Å². The summed E-state index contributed by atoms with van der Waals surface area (Å²) in [7, 11) is 0. The molecule has 4 nitrogen and oxygen atoms in total. The Morgan fingerprint density at radius 2 is 2.37 bits per heavy atom. The molecule has 1 aromatic carbocycles. The number of hydrogen-bond acceptors (Lipinski definition) is 3. The summed E-state index contributed by atoms with van der Waals surface area (Å²) in [6.45, 7) is 3.32. The third-order valence-corrected chi connectivity index (χ3v) is 2.85. The van der Waals surface area contributed by atoms with E-state index in [4.69, 9.17) is 5.26 Å². The van der Waals surface area contributed by atoms with Crippen LogP contribution in [0, 0.1) is 17.1 Å². The lowest BCUT2D eigenvalue weighted by Gasteiger charge is -2.14. The Balaban J connectivity index is 1.93. The normalized spacial score (nSPS) is 12.1. The summed E-state index contributed by atoms with van der Waals surface area (Å²) in [6.07, 6.45) is 3.64. The molecule has 0 bridgehead atoms. The quantitative estimate of drug-likeness (QED) is 0.893. The smallest absolute Gasteiger partial charge is 0.124 e. The van der Waals surface area contributed by atoms with Gasteiger partial charge in [-0.25, -0.2) is 4.39 Å². The third kappa shape index (κ3) is 3.63. The van der Waals surface area contributed by atoms with E-state index in [1.54, 1.807) is 12.3 Å². The van der Waals surface area contributed by atoms with Gasteiger partial charge in [0.1, 0.15) is 5.82 Å². The minimum absolute atomic E-state index is 0.205. The number of nitrogens with one attached hydrogen (secondary N) is 1. The average molecular weight is 258 g/mol. The highest BCUT2D eigenvalue weighted by Gasteiger charge is 2.07. The van der Waals surface area contributed by atoms with Crippen LogP contribution in [0.3, 0.4) is 0 Å². The minimum Gasteiger partial charge on any atom is -0.308 e. The fourth-order valence-electron chi connectivity index (χ4n) is 1.84. The van der Waals surface area contributed by atoms with Crippen molar-refractivity contribution in [3.05, 3.63) is 53.6 Å². The van der Waals surface area contributed by atoms with Gasteiger partial charge in [-0.05, 0) is 30.7 Å². The van der Waals surface area contributed by atoms with Crippen molar-refractivity contribution in [3.8, 4) is 6.07 Å². The van der Waals surface area contributed by atoms with Crippen molar-refractivity contribution in [1.82, 2.24) is 15.1 Å². The van der Waals surface area contributed by atoms with Crippen molar-refractivity contribution in [3.63, 3.8) is 0 Å². The van der Waals surface area contributed by atoms with Crippen molar-refractivity contribution >= 4 is 0 Å². The lowest BCUT2D eigenvalue weighted by atomic mass is 10.1. The largest absolute Gasteiger partial charge is 0.308 e.